The number of nitrogens with zero attached hydrogens (tertiary/aromatic N) is 2. The molecule has 6 heteroatoms. The van der Waals surface area contributed by atoms with Gasteiger partial charge >= 0.3 is 0 Å². The van der Waals surface area contributed by atoms with Crippen LogP contribution in [-0.4, -0.2) is 14.5 Å². The van der Waals surface area contributed by atoms with E-state index in [0.717, 1.165) is 22.3 Å². The lowest BCUT2D eigenvalue weighted by Crippen LogP contribution is -2.11. The number of hydrogen-bond donors (Lipinski definition) is 1. The molecule has 0 aliphatic carbocycles. The fourth-order valence-electron chi connectivity index (χ4n) is 3.10. The number of benzene rings is 2. The van der Waals surface area contributed by atoms with Gasteiger partial charge in [0.1, 0.15) is 5.82 Å². The van der Waals surface area contributed by atoms with Gasteiger partial charge in [-0.1, -0.05) is 41.4 Å². The van der Waals surface area contributed by atoms with Crippen molar-refractivity contribution in [2.45, 2.75) is 6.04 Å². The van der Waals surface area contributed by atoms with Crippen LogP contribution in [0, 0.1) is 5.82 Å². The summed E-state index contributed by atoms with van der Waals surface area (Å²) in [5, 5.41) is 1.01. The molecule has 1 atom stereocenters. The quantitative estimate of drug-likeness (QED) is 0.461. The van der Waals surface area contributed by atoms with Crippen LogP contribution >= 0.6 is 23.2 Å². The van der Waals surface area contributed by atoms with Gasteiger partial charge in [0, 0.05) is 35.9 Å². The first-order valence-corrected chi connectivity index (χ1v) is 8.74. The minimum atomic E-state index is -0.267. The predicted molar refractivity (Wildman–Crippen MR) is 102 cm³/mol. The molecule has 1 unspecified atom stereocenters. The minimum Gasteiger partial charge on any atom is -0.367 e. The predicted octanol–water partition coefficient (Wildman–Crippen LogP) is 5.96. The fourth-order valence-corrected chi connectivity index (χ4v) is 3.39. The summed E-state index contributed by atoms with van der Waals surface area (Å²) < 4.78 is 15.4. The van der Waals surface area contributed by atoms with Crippen LogP contribution in [0.15, 0.2) is 73.6 Å². The molecule has 130 valence electrons. The van der Waals surface area contributed by atoms with Gasteiger partial charge < -0.3 is 9.55 Å². The van der Waals surface area contributed by atoms with Crippen molar-refractivity contribution in [2.24, 2.45) is 0 Å². The van der Waals surface area contributed by atoms with E-state index in [2.05, 4.69) is 9.97 Å². The Morgan fingerprint density at radius 1 is 1.00 bits per heavy atom. The van der Waals surface area contributed by atoms with Gasteiger partial charge in [0.2, 0.25) is 0 Å². The van der Waals surface area contributed by atoms with Gasteiger partial charge in [0.15, 0.2) is 0 Å². The minimum absolute atomic E-state index is 0.159. The van der Waals surface area contributed by atoms with Crippen molar-refractivity contribution in [2.75, 3.05) is 0 Å². The molecule has 4 rings (SSSR count). The van der Waals surface area contributed by atoms with Crippen molar-refractivity contribution < 1.29 is 4.39 Å². The number of hydrogen-bond acceptors (Lipinski definition) is 1. The lowest BCUT2D eigenvalue weighted by Gasteiger charge is -2.20. The van der Waals surface area contributed by atoms with Crippen LogP contribution in [0.25, 0.3) is 11.1 Å². The first kappa shape index (κ1) is 16.9. The molecule has 2 heterocycles. The van der Waals surface area contributed by atoms with Gasteiger partial charge in [-0.2, -0.15) is 0 Å². The van der Waals surface area contributed by atoms with Crippen molar-refractivity contribution in [1.29, 1.82) is 0 Å². The maximum Gasteiger partial charge on any atom is 0.123 e. The molecular formula is C20H14Cl2FN3. The lowest BCUT2D eigenvalue weighted by atomic mass is 9.94. The zero-order chi connectivity index (χ0) is 18.1. The molecule has 0 saturated carbocycles. The summed E-state index contributed by atoms with van der Waals surface area (Å²) >= 11 is 12.2. The lowest BCUT2D eigenvalue weighted by molar-refractivity contribution is 0.622. The molecule has 2 aromatic carbocycles. The number of nitrogens with one attached hydrogen (secondary N) is 1. The van der Waals surface area contributed by atoms with Gasteiger partial charge in [0.25, 0.3) is 0 Å². The second kappa shape index (κ2) is 6.98. The largest absolute Gasteiger partial charge is 0.367 e. The number of imidazole rings is 1. The zero-order valence-corrected chi connectivity index (χ0v) is 15.0. The van der Waals surface area contributed by atoms with E-state index < -0.39 is 0 Å². The molecule has 3 nitrogen and oxygen atoms in total. The van der Waals surface area contributed by atoms with E-state index in [1.807, 2.05) is 35.3 Å². The first-order valence-electron chi connectivity index (χ1n) is 7.98. The molecule has 0 bridgehead atoms. The third-order valence-electron chi connectivity index (χ3n) is 4.31. The van der Waals surface area contributed by atoms with Gasteiger partial charge in [-0.15, -0.1) is 0 Å². The van der Waals surface area contributed by atoms with Crippen molar-refractivity contribution in [3.8, 4) is 11.1 Å². The fraction of sp³-hybridized carbons (Fsp3) is 0.0500. The Kier molecular flexibility index (Phi) is 4.53. The summed E-state index contributed by atoms with van der Waals surface area (Å²) in [6.45, 7) is 0. The number of aromatic nitrogens is 3. The standard InChI is InChI=1S/C20H14Cl2FN3/c21-18-6-3-14(9-19(18)22)16-10-25-11-17(16)20(26-8-7-24-12-26)13-1-4-15(23)5-2-13/h1-12,20,25H. The van der Waals surface area contributed by atoms with E-state index in [4.69, 9.17) is 23.2 Å². The van der Waals surface area contributed by atoms with E-state index in [-0.39, 0.29) is 11.9 Å². The molecule has 0 saturated heterocycles. The Morgan fingerprint density at radius 3 is 2.50 bits per heavy atom. The van der Waals surface area contributed by atoms with E-state index in [1.165, 1.54) is 12.1 Å². The van der Waals surface area contributed by atoms with Crippen LogP contribution in [0.2, 0.25) is 10.0 Å². The highest BCUT2D eigenvalue weighted by molar-refractivity contribution is 6.42. The summed E-state index contributed by atoms with van der Waals surface area (Å²) in [5.41, 5.74) is 3.91. The number of rotatable bonds is 4. The summed E-state index contributed by atoms with van der Waals surface area (Å²) in [7, 11) is 0. The maximum atomic E-state index is 13.4. The van der Waals surface area contributed by atoms with E-state index in [0.29, 0.717) is 10.0 Å². The average molecular weight is 386 g/mol. The number of aromatic amines is 1. The molecular weight excluding hydrogens is 372 g/mol. The Hall–Kier alpha value is -2.56. The molecule has 0 amide bonds. The van der Waals surface area contributed by atoms with Crippen LogP contribution in [0.5, 0.6) is 0 Å². The Balaban J connectivity index is 1.86. The second-order valence-corrected chi connectivity index (χ2v) is 6.73. The highest BCUT2D eigenvalue weighted by Gasteiger charge is 2.21. The van der Waals surface area contributed by atoms with Crippen molar-refractivity contribution >= 4 is 23.2 Å². The monoisotopic (exact) mass is 385 g/mol. The van der Waals surface area contributed by atoms with Crippen LogP contribution in [0.4, 0.5) is 4.39 Å². The van der Waals surface area contributed by atoms with Gasteiger partial charge in [-0.05, 0) is 35.4 Å². The smallest absolute Gasteiger partial charge is 0.123 e. The number of halogens is 3. The van der Waals surface area contributed by atoms with E-state index in [9.17, 15) is 4.39 Å². The normalized spacial score (nSPS) is 12.3. The molecule has 0 aliphatic rings. The highest BCUT2D eigenvalue weighted by atomic mass is 35.5. The van der Waals surface area contributed by atoms with Crippen LogP contribution in [0.1, 0.15) is 17.2 Å². The molecule has 1 N–H and O–H groups in total. The molecule has 4 aromatic rings. The van der Waals surface area contributed by atoms with Crippen molar-refractivity contribution in [3.63, 3.8) is 0 Å². The van der Waals surface area contributed by atoms with E-state index >= 15 is 0 Å². The molecule has 26 heavy (non-hydrogen) atoms. The Bertz CT molecular complexity index is 1020. The molecule has 0 spiro atoms. The van der Waals surface area contributed by atoms with Crippen LogP contribution in [0.3, 0.4) is 0 Å². The first-order chi connectivity index (χ1) is 12.6. The average Bonchev–Trinajstić information content (AvgIpc) is 3.32. The maximum absolute atomic E-state index is 13.4. The third-order valence-corrected chi connectivity index (χ3v) is 5.05. The summed E-state index contributed by atoms with van der Waals surface area (Å²) in [5.74, 6) is -0.267. The Morgan fingerprint density at radius 2 is 1.81 bits per heavy atom. The molecule has 0 fully saturated rings. The summed E-state index contributed by atoms with van der Waals surface area (Å²) in [6.07, 6.45) is 9.22. The second-order valence-electron chi connectivity index (χ2n) is 5.92. The topological polar surface area (TPSA) is 33.6 Å². The van der Waals surface area contributed by atoms with Gasteiger partial charge in [-0.3, -0.25) is 0 Å². The van der Waals surface area contributed by atoms with Gasteiger partial charge in [-0.25, -0.2) is 9.37 Å². The third kappa shape index (κ3) is 3.14. The molecule has 2 aromatic heterocycles. The van der Waals surface area contributed by atoms with Crippen LogP contribution in [-0.2, 0) is 0 Å². The zero-order valence-electron chi connectivity index (χ0n) is 13.5. The SMILES string of the molecule is Fc1ccc(C(c2c[nH]cc2-c2ccc(Cl)c(Cl)c2)n2ccnc2)cc1. The molecule has 0 radical (unpaired) electrons. The highest BCUT2D eigenvalue weighted by Crippen LogP contribution is 2.36. The summed E-state index contributed by atoms with van der Waals surface area (Å²) in [6, 6.07) is 11.9. The van der Waals surface area contributed by atoms with E-state index in [1.54, 1.807) is 30.7 Å². The van der Waals surface area contributed by atoms with Crippen molar-refractivity contribution in [3.05, 3.63) is 101 Å². The van der Waals surface area contributed by atoms with Crippen LogP contribution < -0.4 is 0 Å². The molecule has 0 aliphatic heterocycles. The number of H-pyrrole nitrogens is 1. The summed E-state index contributed by atoms with van der Waals surface area (Å²) in [4.78, 5) is 7.33. The Labute approximate surface area is 160 Å². The van der Waals surface area contributed by atoms with Gasteiger partial charge in [0.05, 0.1) is 22.4 Å². The van der Waals surface area contributed by atoms with Crippen molar-refractivity contribution in [1.82, 2.24) is 14.5 Å².